The molecule has 0 fully saturated rings. The van der Waals surface area contributed by atoms with E-state index in [2.05, 4.69) is 300 Å². The van der Waals surface area contributed by atoms with Gasteiger partial charge in [0.1, 0.15) is 0 Å². The standard InChI is InChI=1S/C72H54N4/c1-3-73-64-40-14-16-42-66(64)75(54-30-10-6-11-31-54)68-44-22-36-58(71(68)73)52-28-18-26-50(46-52)56-34-20-38-60-62(56)48-63-57(35-21-39-61(63)70(60)49-24-8-5-9-25-49)51-27-19-29-53(47-51)59-37-23-45-69-72(59)74(4-2)65-41-15-17-43-67(65)76(69)55-32-12-7-13-33-55/h5-48H,3-4H2,1-2H3. The monoisotopic (exact) mass is 974 g/mol. The van der Waals surface area contributed by atoms with E-state index >= 15 is 0 Å². The van der Waals surface area contributed by atoms with Crippen LogP contribution >= 0.6 is 0 Å². The smallest absolute Gasteiger partial charge is 0.0735 e. The molecule has 0 atom stereocenters. The van der Waals surface area contributed by atoms with Gasteiger partial charge >= 0.3 is 0 Å². The Hall–Kier alpha value is -9.64. The highest BCUT2D eigenvalue weighted by Gasteiger charge is 2.33. The lowest BCUT2D eigenvalue weighted by molar-refractivity contribution is 1.000. The van der Waals surface area contributed by atoms with Crippen LogP contribution in [0.15, 0.2) is 267 Å². The van der Waals surface area contributed by atoms with Gasteiger partial charge in [0.2, 0.25) is 0 Å². The van der Waals surface area contributed by atoms with E-state index < -0.39 is 0 Å². The van der Waals surface area contributed by atoms with E-state index in [0.717, 1.165) is 24.5 Å². The molecule has 12 aromatic carbocycles. The van der Waals surface area contributed by atoms with Crippen molar-refractivity contribution in [2.24, 2.45) is 0 Å². The summed E-state index contributed by atoms with van der Waals surface area (Å²) in [6.07, 6.45) is 0. The first-order valence-electron chi connectivity index (χ1n) is 26.6. The maximum atomic E-state index is 2.49. The normalized spacial score (nSPS) is 12.6. The van der Waals surface area contributed by atoms with Crippen molar-refractivity contribution in [2.45, 2.75) is 13.8 Å². The van der Waals surface area contributed by atoms with Gasteiger partial charge < -0.3 is 19.6 Å². The topological polar surface area (TPSA) is 13.0 Å². The molecule has 0 radical (unpaired) electrons. The molecule has 4 heteroatoms. The highest BCUT2D eigenvalue weighted by Crippen LogP contribution is 2.56. The molecule has 0 N–H and O–H groups in total. The molecule has 0 saturated carbocycles. The maximum absolute atomic E-state index is 2.49. The Labute approximate surface area is 445 Å². The van der Waals surface area contributed by atoms with Gasteiger partial charge in [-0.25, -0.2) is 0 Å². The minimum Gasteiger partial charge on any atom is -0.338 e. The number of fused-ring (bicyclic) bond motifs is 6. The first kappa shape index (κ1) is 45.0. The summed E-state index contributed by atoms with van der Waals surface area (Å²) >= 11 is 0. The second-order valence-corrected chi connectivity index (χ2v) is 19.7. The molecule has 2 aliphatic rings. The van der Waals surface area contributed by atoms with Gasteiger partial charge in [0, 0.05) is 35.6 Å². The van der Waals surface area contributed by atoms with Gasteiger partial charge in [-0.3, -0.25) is 0 Å². The highest BCUT2D eigenvalue weighted by molar-refractivity contribution is 6.19. The van der Waals surface area contributed by atoms with E-state index in [1.165, 1.54) is 123 Å². The van der Waals surface area contributed by atoms with E-state index in [4.69, 9.17) is 0 Å². The van der Waals surface area contributed by atoms with Crippen LogP contribution in [0.5, 0.6) is 0 Å². The molecule has 14 rings (SSSR count). The Kier molecular flexibility index (Phi) is 11.1. The number of anilines is 10. The first-order valence-corrected chi connectivity index (χ1v) is 26.6. The summed E-state index contributed by atoms with van der Waals surface area (Å²) in [6.45, 7) is 6.18. The second-order valence-electron chi connectivity index (χ2n) is 19.7. The molecule has 4 nitrogen and oxygen atoms in total. The van der Waals surface area contributed by atoms with E-state index in [-0.39, 0.29) is 0 Å². The molecular weight excluding hydrogens is 921 g/mol. The minimum absolute atomic E-state index is 0.833. The lowest BCUT2D eigenvalue weighted by Gasteiger charge is -2.41. The molecule has 12 aromatic rings. The third kappa shape index (κ3) is 7.28. The lowest BCUT2D eigenvalue weighted by Crippen LogP contribution is -2.27. The van der Waals surface area contributed by atoms with Crippen LogP contribution in [0.25, 0.3) is 77.2 Å². The van der Waals surface area contributed by atoms with Crippen molar-refractivity contribution in [1.29, 1.82) is 0 Å². The number of para-hydroxylation sites is 8. The third-order valence-electron chi connectivity index (χ3n) is 15.6. The van der Waals surface area contributed by atoms with Crippen molar-refractivity contribution in [3.05, 3.63) is 267 Å². The molecule has 76 heavy (non-hydrogen) atoms. The Morgan fingerprint density at radius 2 is 0.579 bits per heavy atom. The van der Waals surface area contributed by atoms with E-state index in [9.17, 15) is 0 Å². The summed E-state index contributed by atoms with van der Waals surface area (Å²) in [6, 6.07) is 98.3. The number of benzene rings is 12. The van der Waals surface area contributed by atoms with Gasteiger partial charge in [-0.2, -0.15) is 0 Å². The van der Waals surface area contributed by atoms with Crippen LogP contribution in [-0.4, -0.2) is 13.1 Å². The lowest BCUT2D eigenvalue weighted by atomic mass is 9.85. The number of nitrogens with zero attached hydrogens (tertiary/aromatic N) is 4. The van der Waals surface area contributed by atoms with Crippen LogP contribution in [0.4, 0.5) is 56.9 Å². The van der Waals surface area contributed by atoms with Gasteiger partial charge in [-0.15, -0.1) is 0 Å². The van der Waals surface area contributed by atoms with Crippen LogP contribution in [0.3, 0.4) is 0 Å². The van der Waals surface area contributed by atoms with Gasteiger partial charge in [0.05, 0.1) is 45.5 Å². The van der Waals surface area contributed by atoms with E-state index in [1.54, 1.807) is 0 Å². The molecular formula is C72H54N4. The first-order chi connectivity index (χ1) is 37.7. The average Bonchev–Trinajstić information content (AvgIpc) is 3.61. The SMILES string of the molecule is CCN1c2ccccc2N(c2ccccc2)c2cccc(-c3cccc(-c4cccc5c(-c6ccccc6)c6cccc(-c7cccc(-c8cccc9c8N(CC)c8ccccc8N9c8ccccc8)c7)c6cc45)c3)c21. The fourth-order valence-electron chi connectivity index (χ4n) is 12.4. The molecule has 0 aliphatic carbocycles. The molecule has 0 spiro atoms. The fourth-order valence-corrected chi connectivity index (χ4v) is 12.4. The number of hydrogen-bond donors (Lipinski definition) is 0. The molecule has 0 unspecified atom stereocenters. The Balaban J connectivity index is 0.937. The van der Waals surface area contributed by atoms with Gasteiger partial charge in [0.15, 0.2) is 0 Å². The summed E-state index contributed by atoms with van der Waals surface area (Å²) in [5.74, 6) is 0. The molecule has 0 saturated heterocycles. The Bertz CT molecular complexity index is 3920. The predicted molar refractivity (Wildman–Crippen MR) is 323 cm³/mol. The van der Waals surface area contributed by atoms with Gasteiger partial charge in [-0.1, -0.05) is 188 Å². The zero-order chi connectivity index (χ0) is 50.7. The van der Waals surface area contributed by atoms with Crippen molar-refractivity contribution in [2.75, 3.05) is 32.7 Å². The average molecular weight is 975 g/mol. The number of rotatable bonds is 9. The van der Waals surface area contributed by atoms with Gasteiger partial charge in [-0.05, 0) is 159 Å². The summed E-state index contributed by atoms with van der Waals surface area (Å²) < 4.78 is 0. The zero-order valence-corrected chi connectivity index (χ0v) is 42.6. The Morgan fingerprint density at radius 3 is 1.01 bits per heavy atom. The molecule has 0 bridgehead atoms. The summed E-state index contributed by atoms with van der Waals surface area (Å²) in [5, 5.41) is 4.91. The zero-order valence-electron chi connectivity index (χ0n) is 42.6. The second kappa shape index (κ2) is 18.7. The van der Waals surface area contributed by atoms with Crippen LogP contribution in [0, 0.1) is 0 Å². The van der Waals surface area contributed by atoms with Crippen molar-refractivity contribution in [3.8, 4) is 55.6 Å². The van der Waals surface area contributed by atoms with Crippen molar-refractivity contribution < 1.29 is 0 Å². The van der Waals surface area contributed by atoms with Crippen LogP contribution in [0.1, 0.15) is 13.8 Å². The molecule has 362 valence electrons. The summed E-state index contributed by atoms with van der Waals surface area (Å²) in [5.41, 5.74) is 23.8. The molecule has 2 heterocycles. The largest absolute Gasteiger partial charge is 0.338 e. The van der Waals surface area contributed by atoms with Crippen LogP contribution in [-0.2, 0) is 0 Å². The predicted octanol–water partition coefficient (Wildman–Crippen LogP) is 20.2. The van der Waals surface area contributed by atoms with E-state index in [0.29, 0.717) is 0 Å². The third-order valence-corrected chi connectivity index (χ3v) is 15.6. The molecule has 0 aromatic heterocycles. The van der Waals surface area contributed by atoms with Crippen molar-refractivity contribution in [1.82, 2.24) is 0 Å². The molecule has 0 amide bonds. The highest BCUT2D eigenvalue weighted by atomic mass is 15.3. The van der Waals surface area contributed by atoms with Crippen molar-refractivity contribution >= 4 is 78.4 Å². The Morgan fingerprint density at radius 1 is 0.250 bits per heavy atom. The minimum atomic E-state index is 0.833. The van der Waals surface area contributed by atoms with Crippen molar-refractivity contribution in [3.63, 3.8) is 0 Å². The number of hydrogen-bond acceptors (Lipinski definition) is 4. The quantitative estimate of drug-likeness (QED) is 0.134. The van der Waals surface area contributed by atoms with Crippen LogP contribution < -0.4 is 19.6 Å². The van der Waals surface area contributed by atoms with Crippen LogP contribution in [0.2, 0.25) is 0 Å². The van der Waals surface area contributed by atoms with E-state index in [1.807, 2.05) is 0 Å². The molecule has 2 aliphatic heterocycles. The summed E-state index contributed by atoms with van der Waals surface area (Å²) in [7, 11) is 0. The summed E-state index contributed by atoms with van der Waals surface area (Å²) in [4.78, 5) is 9.82. The van der Waals surface area contributed by atoms with Gasteiger partial charge in [0.25, 0.3) is 0 Å². The fraction of sp³-hybridized carbons (Fsp3) is 0.0556. The maximum Gasteiger partial charge on any atom is 0.0735 e.